The first-order valence-corrected chi connectivity index (χ1v) is 8.71. The smallest absolute Gasteiger partial charge is 0.222 e. The van der Waals surface area contributed by atoms with Crippen LogP contribution in [0, 0.1) is 12.8 Å². The van der Waals surface area contributed by atoms with Crippen molar-refractivity contribution in [2.75, 3.05) is 32.8 Å². The van der Waals surface area contributed by atoms with E-state index in [1.807, 2.05) is 17.9 Å². The zero-order valence-corrected chi connectivity index (χ0v) is 13.8. The summed E-state index contributed by atoms with van der Waals surface area (Å²) in [6.45, 7) is 7.39. The summed E-state index contributed by atoms with van der Waals surface area (Å²) >= 11 is 0. The molecule has 126 valence electrons. The molecule has 23 heavy (non-hydrogen) atoms. The number of aryl methyl sites for hydroxylation is 1. The van der Waals surface area contributed by atoms with Gasteiger partial charge in [-0.3, -0.25) is 9.69 Å². The summed E-state index contributed by atoms with van der Waals surface area (Å²) in [7, 11) is 0. The van der Waals surface area contributed by atoms with Crippen LogP contribution in [0.5, 0.6) is 0 Å². The Bertz CT molecular complexity index is 579. The Morgan fingerprint density at radius 3 is 3.00 bits per heavy atom. The standard InChI is InChI=1S/C17H25N3O3/c1-13-9-15(18-23-13)10-19-11-17(12-19)14(5-8-22-17)4-7-20-6-2-3-16(20)21/h9,14H,2-8,10-12H2,1H3. The van der Waals surface area contributed by atoms with Crippen LogP contribution in [0.2, 0.25) is 0 Å². The first kappa shape index (κ1) is 15.1. The molecular weight excluding hydrogens is 294 g/mol. The van der Waals surface area contributed by atoms with E-state index >= 15 is 0 Å². The molecule has 0 aromatic carbocycles. The second-order valence-electron chi connectivity index (χ2n) is 7.25. The Balaban J connectivity index is 1.29. The van der Waals surface area contributed by atoms with Gasteiger partial charge < -0.3 is 14.2 Å². The first-order valence-electron chi connectivity index (χ1n) is 8.71. The molecule has 3 fully saturated rings. The Hall–Kier alpha value is -1.40. The van der Waals surface area contributed by atoms with Crippen LogP contribution in [-0.4, -0.2) is 59.3 Å². The van der Waals surface area contributed by atoms with Crippen molar-refractivity contribution in [2.45, 2.75) is 44.8 Å². The maximum absolute atomic E-state index is 11.8. The summed E-state index contributed by atoms with van der Waals surface area (Å²) in [5, 5.41) is 4.07. The van der Waals surface area contributed by atoms with Crippen molar-refractivity contribution in [3.05, 3.63) is 17.5 Å². The average Bonchev–Trinajstić information content (AvgIpc) is 3.18. The van der Waals surface area contributed by atoms with Crippen LogP contribution < -0.4 is 0 Å². The number of ether oxygens (including phenoxy) is 1. The Kier molecular flexibility index (Phi) is 3.89. The van der Waals surface area contributed by atoms with Crippen molar-refractivity contribution in [3.63, 3.8) is 0 Å². The summed E-state index contributed by atoms with van der Waals surface area (Å²) in [6.07, 6.45) is 3.95. The van der Waals surface area contributed by atoms with Gasteiger partial charge in [-0.1, -0.05) is 5.16 Å². The number of amides is 1. The second kappa shape index (κ2) is 5.91. The molecule has 3 saturated heterocycles. The minimum Gasteiger partial charge on any atom is -0.372 e. The van der Waals surface area contributed by atoms with E-state index in [-0.39, 0.29) is 5.60 Å². The quantitative estimate of drug-likeness (QED) is 0.825. The van der Waals surface area contributed by atoms with Gasteiger partial charge in [-0.05, 0) is 32.1 Å². The highest BCUT2D eigenvalue weighted by Gasteiger charge is 2.52. The molecule has 1 unspecified atom stereocenters. The number of likely N-dealkylation sites (tertiary alicyclic amines) is 2. The third-order valence-electron chi connectivity index (χ3n) is 5.56. The van der Waals surface area contributed by atoms with Crippen LogP contribution in [0.25, 0.3) is 0 Å². The number of carbonyl (C=O) groups is 1. The van der Waals surface area contributed by atoms with Gasteiger partial charge in [0.1, 0.15) is 5.76 Å². The maximum atomic E-state index is 11.8. The Morgan fingerprint density at radius 1 is 1.43 bits per heavy atom. The molecule has 0 aliphatic carbocycles. The van der Waals surface area contributed by atoms with Gasteiger partial charge in [-0.15, -0.1) is 0 Å². The lowest BCUT2D eigenvalue weighted by molar-refractivity contribution is -0.140. The van der Waals surface area contributed by atoms with E-state index in [1.165, 1.54) is 0 Å². The minimum atomic E-state index is 0.0154. The molecule has 3 aliphatic heterocycles. The van der Waals surface area contributed by atoms with Crippen LogP contribution >= 0.6 is 0 Å². The van der Waals surface area contributed by atoms with Crippen LogP contribution in [0.1, 0.15) is 37.1 Å². The molecule has 1 aromatic heterocycles. The molecule has 0 radical (unpaired) electrons. The van der Waals surface area contributed by atoms with Crippen LogP contribution in [-0.2, 0) is 16.1 Å². The molecular formula is C17H25N3O3. The normalized spacial score (nSPS) is 27.1. The largest absolute Gasteiger partial charge is 0.372 e. The maximum Gasteiger partial charge on any atom is 0.222 e. The van der Waals surface area contributed by atoms with Crippen molar-refractivity contribution in [2.24, 2.45) is 5.92 Å². The highest BCUT2D eigenvalue weighted by Crippen LogP contribution is 2.42. The van der Waals surface area contributed by atoms with Crippen molar-refractivity contribution >= 4 is 5.91 Å². The molecule has 0 bridgehead atoms. The van der Waals surface area contributed by atoms with E-state index in [9.17, 15) is 4.79 Å². The van der Waals surface area contributed by atoms with Crippen molar-refractivity contribution < 1.29 is 14.1 Å². The number of hydrogen-bond acceptors (Lipinski definition) is 5. The number of carbonyl (C=O) groups excluding carboxylic acids is 1. The fourth-order valence-corrected chi connectivity index (χ4v) is 4.34. The number of rotatable bonds is 5. The minimum absolute atomic E-state index is 0.0154. The van der Waals surface area contributed by atoms with Gasteiger partial charge in [0.2, 0.25) is 5.91 Å². The van der Waals surface area contributed by atoms with Gasteiger partial charge in [-0.25, -0.2) is 0 Å². The monoisotopic (exact) mass is 319 g/mol. The summed E-state index contributed by atoms with van der Waals surface area (Å²) in [6, 6.07) is 2.00. The fraction of sp³-hybridized carbons (Fsp3) is 0.765. The third-order valence-corrected chi connectivity index (χ3v) is 5.56. The van der Waals surface area contributed by atoms with E-state index < -0.39 is 0 Å². The molecule has 4 heterocycles. The summed E-state index contributed by atoms with van der Waals surface area (Å²) in [5.74, 6) is 1.77. The lowest BCUT2D eigenvalue weighted by Gasteiger charge is -2.50. The van der Waals surface area contributed by atoms with Crippen LogP contribution in [0.15, 0.2) is 10.6 Å². The lowest BCUT2D eigenvalue weighted by atomic mass is 9.79. The van der Waals surface area contributed by atoms with E-state index in [0.717, 1.165) is 76.5 Å². The van der Waals surface area contributed by atoms with Gasteiger partial charge in [0.15, 0.2) is 0 Å². The number of nitrogens with zero attached hydrogens (tertiary/aromatic N) is 3. The van der Waals surface area contributed by atoms with Crippen molar-refractivity contribution in [1.29, 1.82) is 0 Å². The topological polar surface area (TPSA) is 58.8 Å². The summed E-state index contributed by atoms with van der Waals surface area (Å²) in [4.78, 5) is 16.2. The SMILES string of the molecule is Cc1cc(CN2CC3(C2)OCCC3CCN2CCCC2=O)no1. The molecule has 6 heteroatoms. The summed E-state index contributed by atoms with van der Waals surface area (Å²) < 4.78 is 11.2. The molecule has 6 nitrogen and oxygen atoms in total. The zero-order valence-electron chi connectivity index (χ0n) is 13.8. The van der Waals surface area contributed by atoms with Gasteiger partial charge in [0, 0.05) is 51.8 Å². The average molecular weight is 319 g/mol. The zero-order chi connectivity index (χ0) is 15.9. The van der Waals surface area contributed by atoms with E-state index in [0.29, 0.717) is 11.8 Å². The molecule has 1 spiro atoms. The molecule has 4 rings (SSSR count). The van der Waals surface area contributed by atoms with E-state index in [2.05, 4.69) is 10.1 Å². The van der Waals surface area contributed by atoms with Crippen molar-refractivity contribution in [1.82, 2.24) is 15.0 Å². The number of hydrogen-bond donors (Lipinski definition) is 0. The molecule has 3 aliphatic rings. The fourth-order valence-electron chi connectivity index (χ4n) is 4.34. The van der Waals surface area contributed by atoms with Crippen LogP contribution in [0.4, 0.5) is 0 Å². The molecule has 0 saturated carbocycles. The van der Waals surface area contributed by atoms with Gasteiger partial charge >= 0.3 is 0 Å². The predicted molar refractivity (Wildman–Crippen MR) is 83.7 cm³/mol. The van der Waals surface area contributed by atoms with Crippen molar-refractivity contribution in [3.8, 4) is 0 Å². The van der Waals surface area contributed by atoms with Crippen LogP contribution in [0.3, 0.4) is 0 Å². The Morgan fingerprint density at radius 2 is 2.30 bits per heavy atom. The summed E-state index contributed by atoms with van der Waals surface area (Å²) in [5.41, 5.74) is 1.01. The lowest BCUT2D eigenvalue weighted by Crippen LogP contribution is -2.64. The first-order chi connectivity index (χ1) is 11.1. The van der Waals surface area contributed by atoms with Gasteiger partial charge in [0.25, 0.3) is 0 Å². The predicted octanol–water partition coefficient (Wildman–Crippen LogP) is 1.59. The highest BCUT2D eigenvalue weighted by molar-refractivity contribution is 5.77. The molecule has 0 N–H and O–H groups in total. The van der Waals surface area contributed by atoms with E-state index in [4.69, 9.17) is 9.26 Å². The highest BCUT2D eigenvalue weighted by atomic mass is 16.5. The molecule has 1 aromatic rings. The van der Waals surface area contributed by atoms with Gasteiger partial charge in [-0.2, -0.15) is 0 Å². The third kappa shape index (κ3) is 2.90. The van der Waals surface area contributed by atoms with Gasteiger partial charge in [0.05, 0.1) is 11.3 Å². The van der Waals surface area contributed by atoms with E-state index in [1.54, 1.807) is 0 Å². The number of aromatic nitrogens is 1. The molecule has 1 amide bonds. The second-order valence-corrected chi connectivity index (χ2v) is 7.25. The molecule has 1 atom stereocenters. The Labute approximate surface area is 136 Å².